The third kappa shape index (κ3) is 3.48. The lowest BCUT2D eigenvalue weighted by atomic mass is 9.92. The Morgan fingerprint density at radius 3 is 2.59 bits per heavy atom. The number of amides is 4. The molecule has 1 saturated heterocycles. The van der Waals surface area contributed by atoms with Gasteiger partial charge in [0.1, 0.15) is 18.2 Å². The van der Waals surface area contributed by atoms with E-state index in [1.807, 2.05) is 12.1 Å². The number of carbonyl (C=O) groups is 3. The molecule has 0 radical (unpaired) electrons. The zero-order chi connectivity index (χ0) is 19.6. The van der Waals surface area contributed by atoms with Gasteiger partial charge in [0.25, 0.3) is 5.91 Å². The molecule has 8 heteroatoms. The molecule has 0 saturated carbocycles. The molecule has 2 N–H and O–H groups in total. The molecule has 0 aromatic heterocycles. The fraction of sp³-hybridized carbons (Fsp3) is 0.158. The molecule has 0 aliphatic carbocycles. The molecule has 0 spiro atoms. The van der Waals surface area contributed by atoms with Crippen molar-refractivity contribution in [1.29, 1.82) is 5.26 Å². The number of nitrogens with one attached hydrogen (secondary N) is 2. The van der Waals surface area contributed by atoms with Crippen LogP contribution in [-0.2, 0) is 15.1 Å². The summed E-state index contributed by atoms with van der Waals surface area (Å²) in [4.78, 5) is 38.2. The first-order valence-electron chi connectivity index (χ1n) is 8.04. The fourth-order valence-electron chi connectivity index (χ4n) is 2.84. The molecule has 1 aliphatic heterocycles. The summed E-state index contributed by atoms with van der Waals surface area (Å²) in [6.07, 6.45) is 0. The van der Waals surface area contributed by atoms with Gasteiger partial charge >= 0.3 is 6.03 Å². The largest absolute Gasteiger partial charge is 0.325 e. The highest BCUT2D eigenvalue weighted by Gasteiger charge is 2.49. The molecule has 27 heavy (non-hydrogen) atoms. The van der Waals surface area contributed by atoms with E-state index < -0.39 is 29.9 Å². The van der Waals surface area contributed by atoms with Gasteiger partial charge in [-0.2, -0.15) is 5.26 Å². The molecule has 2 aromatic rings. The average Bonchev–Trinajstić information content (AvgIpc) is 2.87. The lowest BCUT2D eigenvalue weighted by Crippen LogP contribution is -2.42. The van der Waals surface area contributed by atoms with Crippen molar-refractivity contribution in [2.45, 2.75) is 12.5 Å². The van der Waals surface area contributed by atoms with Crippen molar-refractivity contribution in [1.82, 2.24) is 10.2 Å². The van der Waals surface area contributed by atoms with Gasteiger partial charge in [-0.15, -0.1) is 0 Å². The van der Waals surface area contributed by atoms with Crippen molar-refractivity contribution in [2.24, 2.45) is 0 Å². The third-order valence-electron chi connectivity index (χ3n) is 4.30. The quantitative estimate of drug-likeness (QED) is 0.793. The monoisotopic (exact) mass is 382 g/mol. The SMILES string of the molecule is C[C@@]1(c2ccccc2)NC(=O)N(CC(=O)Nc2ccc(C#N)c(Cl)c2)C1=O. The van der Waals surface area contributed by atoms with Crippen LogP contribution in [0.2, 0.25) is 5.02 Å². The van der Waals surface area contributed by atoms with Crippen molar-refractivity contribution in [3.8, 4) is 6.07 Å². The summed E-state index contributed by atoms with van der Waals surface area (Å²) in [5.74, 6) is -1.07. The summed E-state index contributed by atoms with van der Waals surface area (Å²) in [5.41, 5.74) is 0.0468. The molecule has 0 bridgehead atoms. The third-order valence-corrected chi connectivity index (χ3v) is 4.61. The molecule has 1 fully saturated rings. The normalized spacial score (nSPS) is 18.8. The molecule has 136 valence electrons. The Hall–Kier alpha value is -3.37. The van der Waals surface area contributed by atoms with Gasteiger partial charge in [0, 0.05) is 5.69 Å². The Morgan fingerprint density at radius 1 is 1.26 bits per heavy atom. The van der Waals surface area contributed by atoms with Gasteiger partial charge in [0.05, 0.1) is 10.6 Å². The van der Waals surface area contributed by atoms with Crippen LogP contribution in [0.3, 0.4) is 0 Å². The number of urea groups is 1. The van der Waals surface area contributed by atoms with Gasteiger partial charge in [-0.05, 0) is 30.7 Å². The number of nitriles is 1. The topological polar surface area (TPSA) is 102 Å². The first kappa shape index (κ1) is 18.4. The fourth-order valence-corrected chi connectivity index (χ4v) is 3.06. The molecule has 0 unspecified atom stereocenters. The standard InChI is InChI=1S/C19H15ClN4O3/c1-19(13-5-3-2-4-6-13)17(26)24(18(27)23-19)11-16(25)22-14-8-7-12(10-21)15(20)9-14/h2-9H,11H2,1H3,(H,22,25)(H,23,27)/t19-/m0/s1. The van der Waals surface area contributed by atoms with Gasteiger partial charge < -0.3 is 10.6 Å². The van der Waals surface area contributed by atoms with Crippen LogP contribution in [0.4, 0.5) is 10.5 Å². The van der Waals surface area contributed by atoms with E-state index in [1.165, 1.54) is 18.2 Å². The van der Waals surface area contributed by atoms with Crippen molar-refractivity contribution in [3.05, 3.63) is 64.7 Å². The highest BCUT2D eigenvalue weighted by molar-refractivity contribution is 6.32. The summed E-state index contributed by atoms with van der Waals surface area (Å²) in [6.45, 7) is 1.16. The molecule has 7 nitrogen and oxygen atoms in total. The van der Waals surface area contributed by atoms with Crippen LogP contribution >= 0.6 is 11.6 Å². The van der Waals surface area contributed by atoms with E-state index in [1.54, 1.807) is 31.2 Å². The smallest absolute Gasteiger partial charge is 0.324 e. The minimum Gasteiger partial charge on any atom is -0.324 e. The van der Waals surface area contributed by atoms with E-state index >= 15 is 0 Å². The zero-order valence-corrected chi connectivity index (χ0v) is 15.1. The number of imide groups is 1. The van der Waals surface area contributed by atoms with Gasteiger partial charge in [0.15, 0.2) is 0 Å². The maximum atomic E-state index is 12.8. The molecule has 1 heterocycles. The van der Waals surface area contributed by atoms with Crippen LogP contribution in [0, 0.1) is 11.3 Å². The number of carbonyl (C=O) groups excluding carboxylic acids is 3. The highest BCUT2D eigenvalue weighted by atomic mass is 35.5. The van der Waals surface area contributed by atoms with Crippen molar-refractivity contribution < 1.29 is 14.4 Å². The average molecular weight is 383 g/mol. The molecule has 3 rings (SSSR count). The number of hydrogen-bond donors (Lipinski definition) is 2. The first-order chi connectivity index (χ1) is 12.8. The Kier molecular flexibility index (Phi) is 4.84. The van der Waals surface area contributed by atoms with Crippen LogP contribution in [0.15, 0.2) is 48.5 Å². The maximum absolute atomic E-state index is 12.8. The summed E-state index contributed by atoms with van der Waals surface area (Å²) >= 11 is 5.93. The highest BCUT2D eigenvalue weighted by Crippen LogP contribution is 2.28. The van der Waals surface area contributed by atoms with E-state index in [9.17, 15) is 14.4 Å². The summed E-state index contributed by atoms with van der Waals surface area (Å²) in [5, 5.41) is 14.3. The Bertz CT molecular complexity index is 971. The number of rotatable bonds is 4. The molecular weight excluding hydrogens is 368 g/mol. The minimum absolute atomic E-state index is 0.196. The summed E-state index contributed by atoms with van der Waals surface area (Å²) < 4.78 is 0. The van der Waals surface area contributed by atoms with Gasteiger partial charge in [-0.25, -0.2) is 4.79 Å². The van der Waals surface area contributed by atoms with E-state index in [0.717, 1.165) is 4.90 Å². The Labute approximate surface area is 160 Å². The van der Waals surface area contributed by atoms with Crippen molar-refractivity contribution >= 4 is 35.1 Å². The number of halogens is 1. The lowest BCUT2D eigenvalue weighted by molar-refractivity contribution is -0.133. The second-order valence-electron chi connectivity index (χ2n) is 6.17. The molecule has 1 aliphatic rings. The number of anilines is 1. The predicted molar refractivity (Wildman–Crippen MR) is 98.8 cm³/mol. The molecular formula is C19H15ClN4O3. The lowest BCUT2D eigenvalue weighted by Gasteiger charge is -2.22. The summed E-state index contributed by atoms with van der Waals surface area (Å²) in [7, 11) is 0. The van der Waals surface area contributed by atoms with Crippen LogP contribution in [0.5, 0.6) is 0 Å². The number of hydrogen-bond acceptors (Lipinski definition) is 4. The van der Waals surface area contributed by atoms with Gasteiger partial charge in [0.2, 0.25) is 5.91 Å². The van der Waals surface area contributed by atoms with E-state index in [4.69, 9.17) is 16.9 Å². The number of benzene rings is 2. The van der Waals surface area contributed by atoms with Gasteiger partial charge in [-0.1, -0.05) is 41.9 Å². The van der Waals surface area contributed by atoms with E-state index in [2.05, 4.69) is 10.6 Å². The number of nitrogens with zero attached hydrogens (tertiary/aromatic N) is 2. The van der Waals surface area contributed by atoms with Crippen LogP contribution < -0.4 is 10.6 Å². The molecule has 4 amide bonds. The van der Waals surface area contributed by atoms with E-state index in [0.29, 0.717) is 11.3 Å². The Morgan fingerprint density at radius 2 is 1.96 bits per heavy atom. The van der Waals surface area contributed by atoms with Crippen LogP contribution in [0.1, 0.15) is 18.1 Å². The van der Waals surface area contributed by atoms with Gasteiger partial charge in [-0.3, -0.25) is 14.5 Å². The van der Waals surface area contributed by atoms with Crippen LogP contribution in [0.25, 0.3) is 0 Å². The maximum Gasteiger partial charge on any atom is 0.325 e. The van der Waals surface area contributed by atoms with E-state index in [-0.39, 0.29) is 10.6 Å². The van der Waals surface area contributed by atoms with Crippen molar-refractivity contribution in [2.75, 3.05) is 11.9 Å². The predicted octanol–water partition coefficient (Wildman–Crippen LogP) is 2.62. The first-order valence-corrected chi connectivity index (χ1v) is 8.42. The second-order valence-corrected chi connectivity index (χ2v) is 6.57. The molecule has 2 aromatic carbocycles. The molecule has 1 atom stereocenters. The zero-order valence-electron chi connectivity index (χ0n) is 14.3. The van der Waals surface area contributed by atoms with Crippen molar-refractivity contribution in [3.63, 3.8) is 0 Å². The summed E-state index contributed by atoms with van der Waals surface area (Å²) in [6, 6.07) is 14.5. The minimum atomic E-state index is -1.23. The second kappa shape index (κ2) is 7.09. The van der Waals surface area contributed by atoms with Crippen LogP contribution in [-0.4, -0.2) is 29.3 Å². The Balaban J connectivity index is 1.73.